The van der Waals surface area contributed by atoms with E-state index in [-0.39, 0.29) is 18.1 Å². The first-order valence-corrected chi connectivity index (χ1v) is 13.9. The summed E-state index contributed by atoms with van der Waals surface area (Å²) in [6.07, 6.45) is 6.26. The molecule has 3 aromatic rings. The van der Waals surface area contributed by atoms with E-state index in [4.69, 9.17) is 9.73 Å². The van der Waals surface area contributed by atoms with Crippen LogP contribution >= 0.6 is 11.3 Å². The van der Waals surface area contributed by atoms with Crippen molar-refractivity contribution in [2.75, 3.05) is 0 Å². The maximum absolute atomic E-state index is 13.1. The van der Waals surface area contributed by atoms with Crippen LogP contribution in [0, 0.1) is 0 Å². The van der Waals surface area contributed by atoms with Crippen LogP contribution in [0.1, 0.15) is 68.8 Å². The molecule has 38 heavy (non-hydrogen) atoms. The number of hydrogen-bond acceptors (Lipinski definition) is 7. The van der Waals surface area contributed by atoms with Crippen LogP contribution in [0.4, 0.5) is 0 Å². The number of ether oxygens (including phenoxy) is 1. The van der Waals surface area contributed by atoms with Gasteiger partial charge in [0.25, 0.3) is 5.91 Å². The van der Waals surface area contributed by atoms with Crippen molar-refractivity contribution in [3.8, 4) is 16.3 Å². The van der Waals surface area contributed by atoms with E-state index >= 15 is 0 Å². The Labute approximate surface area is 227 Å². The maximum Gasteiger partial charge on any atom is 0.329 e. The quantitative estimate of drug-likeness (QED) is 0.423. The lowest BCUT2D eigenvalue weighted by molar-refractivity contribution is -0.157. The highest BCUT2D eigenvalue weighted by molar-refractivity contribution is 7.12. The van der Waals surface area contributed by atoms with Crippen LogP contribution in [0.15, 0.2) is 53.5 Å². The van der Waals surface area contributed by atoms with E-state index in [1.165, 1.54) is 19.3 Å². The first-order chi connectivity index (χ1) is 18.1. The van der Waals surface area contributed by atoms with Gasteiger partial charge in [0.2, 0.25) is 4.80 Å². The number of rotatable bonds is 7. The molecular formula is C29H36N4O4S. The molecule has 0 spiro atoms. The molecule has 0 unspecified atom stereocenters. The lowest BCUT2D eigenvalue weighted by Gasteiger charge is -2.24. The summed E-state index contributed by atoms with van der Waals surface area (Å²) in [4.78, 5) is 31.8. The largest absolute Gasteiger partial charge is 0.508 e. The Morgan fingerprint density at radius 2 is 1.76 bits per heavy atom. The van der Waals surface area contributed by atoms with Gasteiger partial charge >= 0.3 is 5.97 Å². The van der Waals surface area contributed by atoms with E-state index in [9.17, 15) is 14.7 Å². The third-order valence-corrected chi connectivity index (χ3v) is 7.40. The van der Waals surface area contributed by atoms with E-state index in [1.807, 2.05) is 23.9 Å². The third-order valence-electron chi connectivity index (χ3n) is 6.34. The molecule has 8 nitrogen and oxygen atoms in total. The minimum Gasteiger partial charge on any atom is -0.508 e. The van der Waals surface area contributed by atoms with Crippen molar-refractivity contribution in [2.24, 2.45) is 12.0 Å². The summed E-state index contributed by atoms with van der Waals surface area (Å²) in [5.41, 5.74) is 1.43. The van der Waals surface area contributed by atoms with Crippen molar-refractivity contribution in [1.29, 1.82) is 0 Å². The topological polar surface area (TPSA) is 106 Å². The molecule has 1 amide bonds. The highest BCUT2D eigenvalue weighted by Gasteiger charge is 2.27. The minimum absolute atomic E-state index is 0.135. The van der Waals surface area contributed by atoms with Crippen LogP contribution in [0.3, 0.4) is 0 Å². The molecule has 1 aliphatic carbocycles. The highest BCUT2D eigenvalue weighted by Crippen LogP contribution is 2.23. The van der Waals surface area contributed by atoms with Crippen molar-refractivity contribution < 1.29 is 19.4 Å². The fourth-order valence-electron chi connectivity index (χ4n) is 4.38. The standard InChI is InChI=1S/C29H36N4O4S/c1-29(2,3)37-27(36)24(18-19-10-16-23(34)17-11-19)31-25(35)20-12-14-21(15-13-20)26-32-33(4)28(38-26)30-22-8-6-5-7-9-22/h10-17,22,24,34H,5-9,18H2,1-4H3,(H,31,35)/t24-/m0/s1. The predicted molar refractivity (Wildman–Crippen MR) is 148 cm³/mol. The van der Waals surface area contributed by atoms with Crippen molar-refractivity contribution in [1.82, 2.24) is 15.1 Å². The summed E-state index contributed by atoms with van der Waals surface area (Å²) in [5.74, 6) is -0.751. The molecule has 1 heterocycles. The lowest BCUT2D eigenvalue weighted by Crippen LogP contribution is -2.45. The van der Waals surface area contributed by atoms with Gasteiger partial charge in [-0.2, -0.15) is 5.10 Å². The molecule has 1 aliphatic rings. The number of hydrogen-bond donors (Lipinski definition) is 2. The number of esters is 1. The van der Waals surface area contributed by atoms with Crippen LogP contribution in [-0.2, 0) is 23.0 Å². The predicted octanol–water partition coefficient (Wildman–Crippen LogP) is 4.77. The van der Waals surface area contributed by atoms with Crippen molar-refractivity contribution in [3.63, 3.8) is 0 Å². The molecular weight excluding hydrogens is 500 g/mol. The normalized spacial score (nSPS) is 15.7. The molecule has 0 saturated heterocycles. The number of carbonyl (C=O) groups is 2. The van der Waals surface area contributed by atoms with Gasteiger partial charge in [0, 0.05) is 24.6 Å². The van der Waals surface area contributed by atoms with E-state index in [1.54, 1.807) is 68.5 Å². The van der Waals surface area contributed by atoms with Gasteiger partial charge in [0.15, 0.2) is 0 Å². The Bertz CT molecular complexity index is 1310. The SMILES string of the molecule is Cn1nc(-c2ccc(C(=O)N[C@@H](Cc3ccc(O)cc3)C(=O)OC(C)(C)C)cc2)sc1=NC1CCCCC1. The van der Waals surface area contributed by atoms with Gasteiger partial charge < -0.3 is 15.2 Å². The third kappa shape index (κ3) is 7.54. The summed E-state index contributed by atoms with van der Waals surface area (Å²) in [6.45, 7) is 5.36. The number of nitrogens with zero attached hydrogens (tertiary/aromatic N) is 3. The first-order valence-electron chi connectivity index (χ1n) is 13.1. The Morgan fingerprint density at radius 1 is 1.11 bits per heavy atom. The highest BCUT2D eigenvalue weighted by atomic mass is 32.1. The average Bonchev–Trinajstić information content (AvgIpc) is 3.24. The average molecular weight is 537 g/mol. The fourth-order valence-corrected chi connectivity index (χ4v) is 5.35. The Balaban J connectivity index is 1.48. The molecule has 202 valence electrons. The van der Waals surface area contributed by atoms with Crippen LogP contribution in [0.2, 0.25) is 0 Å². The summed E-state index contributed by atoms with van der Waals surface area (Å²) in [7, 11) is 1.91. The number of phenols is 1. The summed E-state index contributed by atoms with van der Waals surface area (Å²) >= 11 is 1.55. The number of nitrogens with one attached hydrogen (secondary N) is 1. The smallest absolute Gasteiger partial charge is 0.329 e. The number of phenolic OH excluding ortho intramolecular Hbond substituents is 1. The Kier molecular flexibility index (Phi) is 8.66. The van der Waals surface area contributed by atoms with E-state index in [0.717, 1.165) is 33.8 Å². The number of amides is 1. The van der Waals surface area contributed by atoms with E-state index in [2.05, 4.69) is 10.4 Å². The summed E-state index contributed by atoms with van der Waals surface area (Å²) in [6, 6.07) is 13.2. The first kappa shape index (κ1) is 27.6. The van der Waals surface area contributed by atoms with Crippen molar-refractivity contribution >= 4 is 23.2 Å². The molecule has 0 aliphatic heterocycles. The van der Waals surface area contributed by atoms with Gasteiger partial charge in [0.1, 0.15) is 22.4 Å². The van der Waals surface area contributed by atoms with Gasteiger partial charge in [-0.05, 0) is 63.4 Å². The van der Waals surface area contributed by atoms with Gasteiger partial charge in [-0.1, -0.05) is 54.9 Å². The Hall–Kier alpha value is -3.46. The van der Waals surface area contributed by atoms with Crippen LogP contribution < -0.4 is 10.1 Å². The van der Waals surface area contributed by atoms with Gasteiger partial charge in [-0.3, -0.25) is 9.79 Å². The minimum atomic E-state index is -0.882. The molecule has 2 N–H and O–H groups in total. The second kappa shape index (κ2) is 11.9. The van der Waals surface area contributed by atoms with Crippen molar-refractivity contribution in [3.05, 3.63) is 64.5 Å². The van der Waals surface area contributed by atoms with Gasteiger partial charge in [-0.15, -0.1) is 0 Å². The van der Waals surface area contributed by atoms with Crippen LogP contribution in [0.25, 0.3) is 10.6 Å². The number of aromatic hydroxyl groups is 1. The lowest BCUT2D eigenvalue weighted by atomic mass is 9.96. The van der Waals surface area contributed by atoms with E-state index in [0.29, 0.717) is 11.6 Å². The van der Waals surface area contributed by atoms with Crippen LogP contribution in [0.5, 0.6) is 5.75 Å². The maximum atomic E-state index is 13.1. The molecule has 2 aromatic carbocycles. The molecule has 4 rings (SSSR count). The monoisotopic (exact) mass is 536 g/mol. The summed E-state index contributed by atoms with van der Waals surface area (Å²) in [5, 5.41) is 17.9. The zero-order valence-electron chi connectivity index (χ0n) is 22.4. The number of carbonyl (C=O) groups excluding carboxylic acids is 2. The van der Waals surface area contributed by atoms with Crippen molar-refractivity contribution in [2.45, 2.75) is 77.0 Å². The molecule has 1 aromatic heterocycles. The molecule has 0 bridgehead atoms. The zero-order chi connectivity index (χ0) is 27.3. The Morgan fingerprint density at radius 3 is 2.39 bits per heavy atom. The van der Waals surface area contributed by atoms with Gasteiger partial charge in [-0.25, -0.2) is 9.48 Å². The number of aromatic nitrogens is 2. The molecule has 1 fully saturated rings. The zero-order valence-corrected chi connectivity index (χ0v) is 23.3. The van der Waals surface area contributed by atoms with Crippen LogP contribution in [-0.4, -0.2) is 44.4 Å². The summed E-state index contributed by atoms with van der Waals surface area (Å²) < 4.78 is 7.38. The molecule has 1 atom stereocenters. The van der Waals surface area contributed by atoms with Gasteiger partial charge in [0.05, 0.1) is 6.04 Å². The van der Waals surface area contributed by atoms with E-state index < -0.39 is 17.6 Å². The second-order valence-corrected chi connectivity index (χ2v) is 11.7. The molecule has 1 saturated carbocycles. The number of aryl methyl sites for hydroxylation is 1. The molecule has 9 heteroatoms. The second-order valence-electron chi connectivity index (χ2n) is 10.7. The fraction of sp³-hybridized carbons (Fsp3) is 0.448. The number of benzene rings is 2. The molecule has 0 radical (unpaired) electrons.